The van der Waals surface area contributed by atoms with Crippen LogP contribution in [-0.4, -0.2) is 29.5 Å². The summed E-state index contributed by atoms with van der Waals surface area (Å²) in [6.45, 7) is 5.64. The van der Waals surface area contributed by atoms with Crippen LogP contribution in [0.4, 0.5) is 21.0 Å². The summed E-state index contributed by atoms with van der Waals surface area (Å²) in [5.74, 6) is 0. The fraction of sp³-hybridized carbons (Fsp3) is 0.391. The Morgan fingerprint density at radius 3 is 2.37 bits per heavy atom. The molecule has 162 valence electrons. The Morgan fingerprint density at radius 2 is 1.70 bits per heavy atom. The minimum atomic E-state index is -0.627. The molecule has 0 saturated carbocycles. The lowest BCUT2D eigenvalue weighted by atomic mass is 10.1. The van der Waals surface area contributed by atoms with Crippen molar-refractivity contribution in [3.8, 4) is 0 Å². The average Bonchev–Trinajstić information content (AvgIpc) is 2.67. The molecule has 0 spiro atoms. The number of benzene rings is 2. The molecule has 2 aromatic rings. The van der Waals surface area contributed by atoms with Gasteiger partial charge in [-0.05, 0) is 63.3 Å². The first kappa shape index (κ1) is 23.2. The molecule has 2 amide bonds. The van der Waals surface area contributed by atoms with Crippen molar-refractivity contribution in [1.82, 2.24) is 0 Å². The average molecular weight is 415 g/mol. The maximum atomic E-state index is 12.2. The maximum absolute atomic E-state index is 12.2. The molecule has 0 aromatic heterocycles. The number of anilines is 2. The van der Waals surface area contributed by atoms with Crippen molar-refractivity contribution in [1.29, 1.82) is 0 Å². The molecule has 0 atom stereocenters. The Hall–Kier alpha value is -3.06. The molecule has 0 unspecified atom stereocenters. The molecule has 0 aliphatic heterocycles. The third-order valence-electron chi connectivity index (χ3n) is 4.06. The van der Waals surface area contributed by atoms with Crippen LogP contribution in [0.5, 0.6) is 0 Å². The second-order valence-electron chi connectivity index (χ2n) is 7.87. The van der Waals surface area contributed by atoms with Crippen molar-refractivity contribution >= 4 is 23.6 Å². The number of rotatable bonds is 8. The molecule has 2 rings (SSSR count). The van der Waals surface area contributed by atoms with Crippen molar-refractivity contribution in [3.05, 3.63) is 59.7 Å². The Morgan fingerprint density at radius 1 is 0.967 bits per heavy atom. The molecule has 0 bridgehead atoms. The number of aliphatic hydroxyl groups is 1. The minimum absolute atomic E-state index is 0.113. The van der Waals surface area contributed by atoms with Gasteiger partial charge in [0.15, 0.2) is 0 Å². The Bertz CT molecular complexity index is 831. The van der Waals surface area contributed by atoms with Gasteiger partial charge in [0.25, 0.3) is 0 Å². The first-order chi connectivity index (χ1) is 14.3. The third kappa shape index (κ3) is 8.53. The predicted molar refractivity (Wildman–Crippen MR) is 117 cm³/mol. The Labute approximate surface area is 177 Å². The highest BCUT2D eigenvalue weighted by Gasteiger charge is 2.18. The van der Waals surface area contributed by atoms with Crippen LogP contribution >= 0.6 is 0 Å². The number of carbonyl (C=O) groups excluding carboxylic acids is 2. The number of hydrogen-bond donors (Lipinski definition) is 3. The maximum Gasteiger partial charge on any atom is 0.412 e. The zero-order valence-electron chi connectivity index (χ0n) is 17.7. The normalized spacial score (nSPS) is 10.9. The molecular weight excluding hydrogens is 384 g/mol. The van der Waals surface area contributed by atoms with Crippen LogP contribution in [0.25, 0.3) is 0 Å². The lowest BCUT2D eigenvalue weighted by Gasteiger charge is -2.21. The summed E-state index contributed by atoms with van der Waals surface area (Å²) >= 11 is 0. The quantitative estimate of drug-likeness (QED) is 0.522. The zero-order valence-corrected chi connectivity index (χ0v) is 17.7. The number of carbonyl (C=O) groups is 2. The number of aryl methyl sites for hydroxylation is 1. The summed E-state index contributed by atoms with van der Waals surface area (Å²) < 4.78 is 10.6. The molecule has 0 fully saturated rings. The third-order valence-corrected chi connectivity index (χ3v) is 4.06. The number of aliphatic hydroxyl groups excluding tert-OH is 1. The number of hydrogen-bond acceptors (Lipinski definition) is 5. The lowest BCUT2D eigenvalue weighted by molar-refractivity contribution is 0.0635. The predicted octanol–water partition coefficient (Wildman–Crippen LogP) is 5.10. The van der Waals surface area contributed by atoms with Crippen LogP contribution < -0.4 is 10.6 Å². The van der Waals surface area contributed by atoms with Crippen LogP contribution in [0.15, 0.2) is 48.5 Å². The summed E-state index contributed by atoms with van der Waals surface area (Å²) in [5.41, 5.74) is 2.18. The number of nitrogens with one attached hydrogen (secondary N) is 2. The van der Waals surface area contributed by atoms with Crippen LogP contribution in [0, 0.1) is 0 Å². The summed E-state index contributed by atoms with van der Waals surface area (Å²) in [4.78, 5) is 24.3. The summed E-state index contributed by atoms with van der Waals surface area (Å²) in [5, 5.41) is 14.4. The first-order valence-electron chi connectivity index (χ1n) is 9.98. The Kier molecular flexibility index (Phi) is 8.68. The van der Waals surface area contributed by atoms with Crippen LogP contribution in [0.3, 0.4) is 0 Å². The molecule has 7 heteroatoms. The van der Waals surface area contributed by atoms with E-state index in [2.05, 4.69) is 10.6 Å². The van der Waals surface area contributed by atoms with Gasteiger partial charge in [-0.25, -0.2) is 9.59 Å². The van der Waals surface area contributed by atoms with Gasteiger partial charge >= 0.3 is 12.2 Å². The van der Waals surface area contributed by atoms with E-state index < -0.39 is 17.8 Å². The molecule has 3 N–H and O–H groups in total. The molecular formula is C23H30N2O5. The van der Waals surface area contributed by atoms with E-state index in [1.165, 1.54) is 0 Å². The molecule has 30 heavy (non-hydrogen) atoms. The van der Waals surface area contributed by atoms with Crippen LogP contribution in [0.1, 0.15) is 44.7 Å². The lowest BCUT2D eigenvalue weighted by Crippen LogP contribution is -2.27. The van der Waals surface area contributed by atoms with E-state index in [1.54, 1.807) is 32.9 Å². The van der Waals surface area contributed by atoms with E-state index in [0.29, 0.717) is 24.2 Å². The van der Waals surface area contributed by atoms with Crippen LogP contribution in [-0.2, 0) is 22.5 Å². The van der Waals surface area contributed by atoms with E-state index in [1.807, 2.05) is 36.4 Å². The van der Waals surface area contributed by atoms with E-state index in [4.69, 9.17) is 14.6 Å². The van der Waals surface area contributed by atoms with Crippen molar-refractivity contribution in [3.63, 3.8) is 0 Å². The molecule has 0 radical (unpaired) electrons. The molecule has 0 heterocycles. The smallest absolute Gasteiger partial charge is 0.412 e. The molecule has 0 saturated heterocycles. The molecule has 7 nitrogen and oxygen atoms in total. The fourth-order valence-electron chi connectivity index (χ4n) is 2.71. The topological polar surface area (TPSA) is 96.9 Å². The van der Waals surface area contributed by atoms with Gasteiger partial charge in [0.1, 0.15) is 12.2 Å². The first-order valence-corrected chi connectivity index (χ1v) is 9.98. The van der Waals surface area contributed by atoms with Crippen molar-refractivity contribution in [2.45, 2.75) is 52.2 Å². The summed E-state index contributed by atoms with van der Waals surface area (Å²) in [6, 6.07) is 14.6. The highest BCUT2D eigenvalue weighted by molar-refractivity contribution is 5.89. The SMILES string of the molecule is CC(C)(C)OC(=O)Nc1cc(NC(=O)OCc2ccccc2)ccc1CCCCO. The minimum Gasteiger partial charge on any atom is -0.444 e. The summed E-state index contributed by atoms with van der Waals surface area (Å²) in [6.07, 6.45) is 0.942. The van der Waals surface area contributed by atoms with Gasteiger partial charge in [0.05, 0.1) is 0 Å². The van der Waals surface area contributed by atoms with Crippen molar-refractivity contribution in [2.24, 2.45) is 0 Å². The van der Waals surface area contributed by atoms with E-state index in [0.717, 1.165) is 17.5 Å². The van der Waals surface area contributed by atoms with Gasteiger partial charge in [-0.15, -0.1) is 0 Å². The molecule has 0 aliphatic rings. The highest BCUT2D eigenvalue weighted by Crippen LogP contribution is 2.24. The number of unbranched alkanes of at least 4 members (excludes halogenated alkanes) is 1. The zero-order chi connectivity index (χ0) is 22.0. The van der Waals surface area contributed by atoms with Crippen molar-refractivity contribution < 1.29 is 24.2 Å². The van der Waals surface area contributed by atoms with Gasteiger partial charge in [0, 0.05) is 18.0 Å². The monoisotopic (exact) mass is 414 g/mol. The van der Waals surface area contributed by atoms with Gasteiger partial charge < -0.3 is 14.6 Å². The van der Waals surface area contributed by atoms with Crippen molar-refractivity contribution in [2.75, 3.05) is 17.2 Å². The number of amides is 2. The standard InChI is InChI=1S/C23H30N2O5/c1-23(2,3)30-22(28)25-20-15-19(13-12-18(20)11-7-8-14-26)24-21(27)29-16-17-9-5-4-6-10-17/h4-6,9-10,12-13,15,26H,7-8,11,14,16H2,1-3H3,(H,24,27)(H,25,28). The highest BCUT2D eigenvalue weighted by atomic mass is 16.6. The van der Waals surface area contributed by atoms with Crippen LogP contribution in [0.2, 0.25) is 0 Å². The fourth-order valence-corrected chi connectivity index (χ4v) is 2.71. The largest absolute Gasteiger partial charge is 0.444 e. The van der Waals surface area contributed by atoms with Gasteiger partial charge in [-0.2, -0.15) is 0 Å². The van der Waals surface area contributed by atoms with E-state index in [-0.39, 0.29) is 13.2 Å². The van der Waals surface area contributed by atoms with Gasteiger partial charge in [0.2, 0.25) is 0 Å². The second-order valence-corrected chi connectivity index (χ2v) is 7.87. The molecule has 0 aliphatic carbocycles. The Balaban J connectivity index is 2.05. The van der Waals surface area contributed by atoms with Gasteiger partial charge in [-0.1, -0.05) is 36.4 Å². The molecule has 2 aromatic carbocycles. The van der Waals surface area contributed by atoms with E-state index >= 15 is 0 Å². The van der Waals surface area contributed by atoms with Gasteiger partial charge in [-0.3, -0.25) is 10.6 Å². The summed E-state index contributed by atoms with van der Waals surface area (Å²) in [7, 11) is 0. The van der Waals surface area contributed by atoms with E-state index in [9.17, 15) is 9.59 Å². The number of ether oxygens (including phenoxy) is 2. The second kappa shape index (κ2) is 11.2.